The van der Waals surface area contributed by atoms with Crippen LogP contribution in [-0.2, 0) is 14.1 Å². The molecule has 0 saturated heterocycles. The average Bonchev–Trinajstić information content (AvgIpc) is 2.57. The van der Waals surface area contributed by atoms with Crippen LogP contribution in [-0.4, -0.2) is 21.6 Å². The second-order valence-electron chi connectivity index (χ2n) is 7.06. The van der Waals surface area contributed by atoms with E-state index in [9.17, 15) is 9.36 Å². The Labute approximate surface area is 159 Å². The van der Waals surface area contributed by atoms with Crippen LogP contribution in [0.5, 0.6) is 0 Å². The first kappa shape index (κ1) is 25.4. The van der Waals surface area contributed by atoms with Gasteiger partial charge in [0.25, 0.3) is 0 Å². The SMILES string of the molecule is CCCCCCCCCCCCCCCC=CC(=O)OC(C)P(=O)(O)O. The zero-order valence-corrected chi connectivity index (χ0v) is 17.6. The highest BCUT2D eigenvalue weighted by Gasteiger charge is 2.26. The third-order valence-corrected chi connectivity index (χ3v) is 5.54. The summed E-state index contributed by atoms with van der Waals surface area (Å²) in [6.07, 6.45) is 20.7. The van der Waals surface area contributed by atoms with Gasteiger partial charge in [-0.05, 0) is 19.8 Å². The minimum Gasteiger partial charge on any atom is -0.447 e. The van der Waals surface area contributed by atoms with Crippen molar-refractivity contribution in [2.24, 2.45) is 0 Å². The van der Waals surface area contributed by atoms with E-state index in [-0.39, 0.29) is 0 Å². The molecule has 0 fully saturated rings. The van der Waals surface area contributed by atoms with E-state index in [0.29, 0.717) is 0 Å². The first-order chi connectivity index (χ1) is 12.4. The van der Waals surface area contributed by atoms with Crippen LogP contribution in [0.15, 0.2) is 12.2 Å². The summed E-state index contributed by atoms with van der Waals surface area (Å²) in [5.74, 6) is -2.09. The average molecular weight is 391 g/mol. The molecule has 0 spiro atoms. The summed E-state index contributed by atoms with van der Waals surface area (Å²) >= 11 is 0. The summed E-state index contributed by atoms with van der Waals surface area (Å²) in [6.45, 7) is 3.44. The van der Waals surface area contributed by atoms with Crippen molar-refractivity contribution in [3.05, 3.63) is 12.2 Å². The molecule has 0 aliphatic rings. The first-order valence-corrected chi connectivity index (χ1v) is 12.0. The Kier molecular flexibility index (Phi) is 16.1. The molecule has 0 aromatic carbocycles. The molecule has 0 aliphatic heterocycles. The highest BCUT2D eigenvalue weighted by Crippen LogP contribution is 2.41. The van der Waals surface area contributed by atoms with E-state index in [1.807, 2.05) is 0 Å². The van der Waals surface area contributed by atoms with Gasteiger partial charge in [-0.2, -0.15) is 0 Å². The Bertz CT molecular complexity index is 416. The third kappa shape index (κ3) is 16.8. The Morgan fingerprint density at radius 1 is 0.885 bits per heavy atom. The minimum absolute atomic E-state index is 0.699. The molecule has 0 saturated carbocycles. The molecule has 1 atom stereocenters. The van der Waals surface area contributed by atoms with E-state index in [0.717, 1.165) is 19.3 Å². The molecule has 26 heavy (non-hydrogen) atoms. The summed E-state index contributed by atoms with van der Waals surface area (Å²) < 4.78 is 15.5. The van der Waals surface area contributed by atoms with Crippen LogP contribution < -0.4 is 0 Å². The lowest BCUT2D eigenvalue weighted by Gasteiger charge is -2.12. The van der Waals surface area contributed by atoms with Crippen molar-refractivity contribution in [2.45, 2.75) is 110 Å². The second-order valence-corrected chi connectivity index (χ2v) is 8.96. The number of ether oxygens (including phenoxy) is 1. The van der Waals surface area contributed by atoms with Gasteiger partial charge in [0.2, 0.25) is 0 Å². The summed E-state index contributed by atoms with van der Waals surface area (Å²) in [5.41, 5.74) is 0. The topological polar surface area (TPSA) is 83.8 Å². The molecular weight excluding hydrogens is 351 g/mol. The van der Waals surface area contributed by atoms with Crippen LogP contribution in [0.25, 0.3) is 0 Å². The number of carbonyl (C=O) groups is 1. The second kappa shape index (κ2) is 16.5. The molecule has 0 bridgehead atoms. The Morgan fingerprint density at radius 3 is 1.73 bits per heavy atom. The monoisotopic (exact) mass is 390 g/mol. The summed E-state index contributed by atoms with van der Waals surface area (Å²) in [4.78, 5) is 29.1. The fraction of sp³-hybridized carbons (Fsp3) is 0.850. The number of hydrogen-bond donors (Lipinski definition) is 2. The van der Waals surface area contributed by atoms with Gasteiger partial charge in [0, 0.05) is 6.08 Å². The molecule has 0 aromatic heterocycles. The Hall–Kier alpha value is -0.640. The van der Waals surface area contributed by atoms with E-state index in [4.69, 9.17) is 9.79 Å². The van der Waals surface area contributed by atoms with Crippen molar-refractivity contribution in [1.29, 1.82) is 0 Å². The fourth-order valence-corrected chi connectivity index (χ4v) is 2.98. The fourth-order valence-electron chi connectivity index (χ4n) is 2.74. The summed E-state index contributed by atoms with van der Waals surface area (Å²) in [6, 6.07) is 0. The predicted molar refractivity (Wildman–Crippen MR) is 107 cm³/mol. The third-order valence-electron chi connectivity index (χ3n) is 4.49. The lowest BCUT2D eigenvalue weighted by molar-refractivity contribution is -0.139. The van der Waals surface area contributed by atoms with Gasteiger partial charge in [0.05, 0.1) is 0 Å². The number of carbonyl (C=O) groups excluding carboxylic acids is 1. The molecule has 2 N–H and O–H groups in total. The lowest BCUT2D eigenvalue weighted by atomic mass is 10.0. The van der Waals surface area contributed by atoms with E-state index >= 15 is 0 Å². The molecule has 5 nitrogen and oxygen atoms in total. The van der Waals surface area contributed by atoms with Gasteiger partial charge in [-0.15, -0.1) is 0 Å². The van der Waals surface area contributed by atoms with Gasteiger partial charge in [-0.25, -0.2) is 4.79 Å². The van der Waals surface area contributed by atoms with Crippen molar-refractivity contribution in [1.82, 2.24) is 0 Å². The summed E-state index contributed by atoms with van der Waals surface area (Å²) in [7, 11) is -4.36. The zero-order valence-electron chi connectivity index (χ0n) is 16.7. The first-order valence-electron chi connectivity index (χ1n) is 10.3. The van der Waals surface area contributed by atoms with Crippen LogP contribution in [0.2, 0.25) is 0 Å². The van der Waals surface area contributed by atoms with Gasteiger partial charge >= 0.3 is 13.6 Å². The molecule has 1 unspecified atom stereocenters. The van der Waals surface area contributed by atoms with Crippen LogP contribution in [0.4, 0.5) is 0 Å². The number of rotatable bonds is 17. The van der Waals surface area contributed by atoms with Crippen molar-refractivity contribution >= 4 is 13.6 Å². The molecule has 0 heterocycles. The van der Waals surface area contributed by atoms with Crippen LogP contribution >= 0.6 is 7.60 Å². The molecule has 6 heteroatoms. The van der Waals surface area contributed by atoms with E-state index in [2.05, 4.69) is 11.7 Å². The molecule has 0 aromatic rings. The normalized spacial score (nSPS) is 13.2. The van der Waals surface area contributed by atoms with Crippen LogP contribution in [0.3, 0.4) is 0 Å². The Morgan fingerprint density at radius 2 is 1.31 bits per heavy atom. The van der Waals surface area contributed by atoms with E-state index in [1.165, 1.54) is 83.6 Å². The highest BCUT2D eigenvalue weighted by molar-refractivity contribution is 7.52. The van der Waals surface area contributed by atoms with Crippen molar-refractivity contribution < 1.29 is 23.9 Å². The van der Waals surface area contributed by atoms with Crippen LogP contribution in [0.1, 0.15) is 104 Å². The van der Waals surface area contributed by atoms with E-state index in [1.54, 1.807) is 6.08 Å². The largest absolute Gasteiger partial charge is 0.447 e. The van der Waals surface area contributed by atoms with E-state index < -0.39 is 19.4 Å². The number of allylic oxidation sites excluding steroid dienone is 1. The molecule has 0 rings (SSSR count). The maximum atomic E-state index is 11.4. The molecule has 0 amide bonds. The molecule has 0 aliphatic carbocycles. The van der Waals surface area contributed by atoms with Crippen LogP contribution in [0, 0.1) is 0 Å². The Balaban J connectivity index is 3.38. The highest BCUT2D eigenvalue weighted by atomic mass is 31.2. The number of unbranched alkanes of at least 4 members (excludes halogenated alkanes) is 13. The maximum Gasteiger partial charge on any atom is 0.365 e. The van der Waals surface area contributed by atoms with Crippen molar-refractivity contribution in [2.75, 3.05) is 0 Å². The summed E-state index contributed by atoms with van der Waals surface area (Å²) in [5, 5.41) is 0. The minimum atomic E-state index is -4.36. The lowest BCUT2D eigenvalue weighted by Crippen LogP contribution is -2.13. The number of hydrogen-bond acceptors (Lipinski definition) is 3. The van der Waals surface area contributed by atoms with Gasteiger partial charge in [0.1, 0.15) is 0 Å². The number of esters is 1. The molecule has 0 radical (unpaired) electrons. The molecule has 154 valence electrons. The van der Waals surface area contributed by atoms with Crippen molar-refractivity contribution in [3.8, 4) is 0 Å². The van der Waals surface area contributed by atoms with Gasteiger partial charge in [0.15, 0.2) is 5.85 Å². The quantitative estimate of drug-likeness (QED) is 0.136. The predicted octanol–water partition coefficient (Wildman–Crippen LogP) is 6.09. The van der Waals surface area contributed by atoms with Crippen molar-refractivity contribution in [3.63, 3.8) is 0 Å². The molecular formula is C20H39O5P. The van der Waals surface area contributed by atoms with Gasteiger partial charge < -0.3 is 14.5 Å². The maximum absolute atomic E-state index is 11.4. The smallest absolute Gasteiger partial charge is 0.365 e. The standard InChI is InChI=1S/C20H39O5P/c1-3-4-5-6-7-8-9-10-11-12-13-14-15-16-17-18-20(21)25-19(2)26(22,23)24/h17-19H,3-16H2,1-2H3,(H2,22,23,24). The van der Waals surface area contributed by atoms with Gasteiger partial charge in [-0.1, -0.05) is 90.0 Å². The van der Waals surface area contributed by atoms with Gasteiger partial charge in [-0.3, -0.25) is 4.57 Å². The zero-order chi connectivity index (χ0) is 19.7.